The summed E-state index contributed by atoms with van der Waals surface area (Å²) >= 11 is 0. The Bertz CT molecular complexity index is 2160. The molecule has 2 saturated heterocycles. The number of nitrogens with zero attached hydrogens (tertiary/aromatic N) is 4. The second-order valence-electron chi connectivity index (χ2n) is 17.4. The van der Waals surface area contributed by atoms with E-state index in [0.29, 0.717) is 56.8 Å². The Morgan fingerprint density at radius 3 is 1.57 bits per heavy atom. The van der Waals surface area contributed by atoms with Crippen LogP contribution in [-0.2, 0) is 37.0 Å². The molecular weight excluding hydrogens is 795 g/mol. The van der Waals surface area contributed by atoms with Gasteiger partial charge in [-0.1, -0.05) is 107 Å². The van der Waals surface area contributed by atoms with Crippen molar-refractivity contribution in [3.05, 3.63) is 126 Å². The molecule has 3 N–H and O–H groups in total. The van der Waals surface area contributed by atoms with Crippen LogP contribution >= 0.6 is 0 Å². The smallest absolute Gasteiger partial charge is 0.407 e. The maximum absolute atomic E-state index is 14.1. The van der Waals surface area contributed by atoms with Gasteiger partial charge < -0.3 is 35.4 Å². The van der Waals surface area contributed by atoms with E-state index in [-0.39, 0.29) is 23.6 Å². The van der Waals surface area contributed by atoms with Crippen molar-refractivity contribution in [2.45, 2.75) is 97.6 Å². The Hall–Kier alpha value is -6.21. The van der Waals surface area contributed by atoms with Crippen molar-refractivity contribution in [1.29, 1.82) is 0 Å². The van der Waals surface area contributed by atoms with Crippen LogP contribution in [0.1, 0.15) is 83.0 Å². The average molecular weight is 858 g/mol. The van der Waals surface area contributed by atoms with Gasteiger partial charge in [0.1, 0.15) is 24.2 Å². The van der Waals surface area contributed by atoms with Gasteiger partial charge in [-0.15, -0.1) is 0 Å². The molecule has 13 heteroatoms. The van der Waals surface area contributed by atoms with Crippen LogP contribution in [0.3, 0.4) is 0 Å². The fourth-order valence-corrected chi connectivity index (χ4v) is 8.64. The highest BCUT2D eigenvalue weighted by atomic mass is 16.5. The fourth-order valence-electron chi connectivity index (χ4n) is 8.64. The van der Waals surface area contributed by atoms with Crippen LogP contribution in [0.25, 0.3) is 0 Å². The molecule has 0 saturated carbocycles. The molecule has 0 aliphatic carbocycles. The molecular formula is C50H63N7O6. The third kappa shape index (κ3) is 11.6. The minimum absolute atomic E-state index is 0.0378. The van der Waals surface area contributed by atoms with Crippen LogP contribution < -0.4 is 20.9 Å². The molecule has 4 aromatic carbocycles. The number of hydrogen-bond acceptors (Lipinski definition) is 8. The summed E-state index contributed by atoms with van der Waals surface area (Å²) in [6, 6.07) is 33.0. The molecule has 63 heavy (non-hydrogen) atoms. The summed E-state index contributed by atoms with van der Waals surface area (Å²) in [5.74, 6) is -0.800. The molecule has 2 aliphatic heterocycles. The zero-order valence-corrected chi connectivity index (χ0v) is 37.5. The number of carbonyl (C=O) groups is 5. The standard InChI is InChI=1S/C50H63N7O6/c1-7-54(8-2)43(37-17-11-9-12-18-37)47(60)56-31-15-21-41(56)45(58)51-38-27-23-35(24-28-38)33-55(40-19-13-10-14-20-40)34-36-25-29-39(30-26-36)52-46(59)42-22-16-32-57(42)48(61)44(50(3,4)5)53-49(62)63-6/h9-14,17-20,23-30,41-44H,7-8,15-16,21-22,31-34H2,1-6H3,(H,51,58)(H,52,59)(H,53,62)/t41-,42-,43+,44+/m0/s1. The number of amides is 5. The Kier molecular flexibility index (Phi) is 15.6. The molecule has 13 nitrogen and oxygen atoms in total. The number of benzene rings is 4. The van der Waals surface area contributed by atoms with Gasteiger partial charge in [-0.2, -0.15) is 0 Å². The van der Waals surface area contributed by atoms with Crippen LogP contribution in [0.4, 0.5) is 21.9 Å². The lowest BCUT2D eigenvalue weighted by Crippen LogP contribution is -2.57. The van der Waals surface area contributed by atoms with E-state index in [9.17, 15) is 24.0 Å². The predicted molar refractivity (Wildman–Crippen MR) is 247 cm³/mol. The van der Waals surface area contributed by atoms with Crippen molar-refractivity contribution in [2.75, 3.05) is 48.8 Å². The lowest BCUT2D eigenvalue weighted by Gasteiger charge is -2.35. The maximum Gasteiger partial charge on any atom is 0.407 e. The van der Waals surface area contributed by atoms with Gasteiger partial charge in [-0.25, -0.2) is 4.79 Å². The van der Waals surface area contributed by atoms with E-state index < -0.39 is 35.7 Å². The van der Waals surface area contributed by atoms with E-state index >= 15 is 0 Å². The topological polar surface area (TPSA) is 144 Å². The first kappa shape index (κ1) is 46.3. The number of anilines is 3. The fraction of sp³-hybridized carbons (Fsp3) is 0.420. The molecule has 0 unspecified atom stereocenters. The zero-order valence-electron chi connectivity index (χ0n) is 37.5. The molecule has 2 heterocycles. The maximum atomic E-state index is 14.1. The first-order valence-electron chi connectivity index (χ1n) is 22.1. The number of carbonyl (C=O) groups excluding carboxylic acids is 5. The Labute approximate surface area is 372 Å². The molecule has 0 aromatic heterocycles. The first-order valence-corrected chi connectivity index (χ1v) is 22.1. The first-order chi connectivity index (χ1) is 30.3. The number of alkyl carbamates (subject to hydrolysis) is 1. The minimum atomic E-state index is -0.855. The van der Waals surface area contributed by atoms with Crippen molar-refractivity contribution < 1.29 is 28.7 Å². The summed E-state index contributed by atoms with van der Waals surface area (Å²) in [6.45, 7) is 13.3. The molecule has 2 fully saturated rings. The molecule has 334 valence electrons. The lowest BCUT2D eigenvalue weighted by molar-refractivity contribution is -0.141. The van der Waals surface area contributed by atoms with Crippen molar-refractivity contribution in [3.63, 3.8) is 0 Å². The summed E-state index contributed by atoms with van der Waals surface area (Å²) < 4.78 is 4.77. The van der Waals surface area contributed by atoms with Crippen molar-refractivity contribution >= 4 is 46.8 Å². The monoisotopic (exact) mass is 857 g/mol. The zero-order chi connectivity index (χ0) is 45.1. The predicted octanol–water partition coefficient (Wildman–Crippen LogP) is 7.61. The van der Waals surface area contributed by atoms with Gasteiger partial charge >= 0.3 is 6.09 Å². The normalized spacial score (nSPS) is 17.2. The Morgan fingerprint density at radius 1 is 0.667 bits per heavy atom. The van der Waals surface area contributed by atoms with Crippen molar-refractivity contribution in [2.24, 2.45) is 5.41 Å². The van der Waals surface area contributed by atoms with Gasteiger partial charge in [0.2, 0.25) is 23.6 Å². The van der Waals surface area contributed by atoms with Crippen LogP contribution in [0.2, 0.25) is 0 Å². The minimum Gasteiger partial charge on any atom is -0.453 e. The van der Waals surface area contributed by atoms with E-state index in [2.05, 4.69) is 51.7 Å². The number of hydrogen-bond donors (Lipinski definition) is 3. The van der Waals surface area contributed by atoms with E-state index in [1.54, 1.807) is 9.80 Å². The van der Waals surface area contributed by atoms with Crippen LogP contribution in [0, 0.1) is 5.41 Å². The lowest BCUT2D eigenvalue weighted by atomic mass is 9.85. The quantitative estimate of drug-likeness (QED) is 0.105. The number of para-hydroxylation sites is 1. The van der Waals surface area contributed by atoms with E-state index in [1.165, 1.54) is 7.11 Å². The number of likely N-dealkylation sites (N-methyl/N-ethyl adjacent to an activating group) is 1. The van der Waals surface area contributed by atoms with Gasteiger partial charge in [-0.3, -0.25) is 24.1 Å². The van der Waals surface area contributed by atoms with Crippen LogP contribution in [0.5, 0.6) is 0 Å². The van der Waals surface area contributed by atoms with Gasteiger partial charge in [0.15, 0.2) is 0 Å². The summed E-state index contributed by atoms with van der Waals surface area (Å²) in [5, 5.41) is 8.76. The highest BCUT2D eigenvalue weighted by molar-refractivity contribution is 5.99. The highest BCUT2D eigenvalue weighted by Gasteiger charge is 2.42. The van der Waals surface area contributed by atoms with Gasteiger partial charge in [0.05, 0.1) is 7.11 Å². The van der Waals surface area contributed by atoms with Crippen LogP contribution in [-0.4, -0.2) is 95.8 Å². The largest absolute Gasteiger partial charge is 0.453 e. The third-order valence-electron chi connectivity index (χ3n) is 12.1. The highest BCUT2D eigenvalue weighted by Crippen LogP contribution is 2.30. The van der Waals surface area contributed by atoms with Crippen molar-refractivity contribution in [1.82, 2.24) is 20.0 Å². The van der Waals surface area contributed by atoms with Crippen LogP contribution in [0.15, 0.2) is 109 Å². The van der Waals surface area contributed by atoms with Crippen molar-refractivity contribution in [3.8, 4) is 0 Å². The van der Waals surface area contributed by atoms with E-state index in [0.717, 1.165) is 41.9 Å². The molecule has 0 radical (unpaired) electrons. The Morgan fingerprint density at radius 2 is 1.13 bits per heavy atom. The average Bonchev–Trinajstić information content (AvgIpc) is 4.00. The SMILES string of the molecule is CCN(CC)[C@@H](C(=O)N1CCC[C@H]1C(=O)Nc1ccc(CN(Cc2ccc(NC(=O)[C@@H]3CCCN3C(=O)[C@@H](NC(=O)OC)C(C)(C)C)cc2)c2ccccc2)cc1)c1ccccc1. The van der Waals surface area contributed by atoms with E-state index in [1.807, 2.05) is 118 Å². The number of rotatable bonds is 16. The summed E-state index contributed by atoms with van der Waals surface area (Å²) in [6.07, 6.45) is 1.90. The second kappa shape index (κ2) is 21.2. The summed E-state index contributed by atoms with van der Waals surface area (Å²) in [7, 11) is 1.25. The summed E-state index contributed by atoms with van der Waals surface area (Å²) in [5.41, 5.74) is 4.76. The van der Waals surface area contributed by atoms with Gasteiger partial charge in [0, 0.05) is 43.2 Å². The van der Waals surface area contributed by atoms with Gasteiger partial charge in [0.25, 0.3) is 0 Å². The number of methoxy groups -OCH3 is 1. The second-order valence-corrected chi connectivity index (χ2v) is 17.4. The number of nitrogens with one attached hydrogen (secondary N) is 3. The molecule has 4 atom stereocenters. The molecule has 0 spiro atoms. The Balaban J connectivity index is 1.08. The molecule has 4 aromatic rings. The molecule has 6 rings (SSSR count). The third-order valence-corrected chi connectivity index (χ3v) is 12.1. The number of ether oxygens (including phenoxy) is 1. The molecule has 5 amide bonds. The molecule has 0 bridgehead atoms. The number of likely N-dealkylation sites (tertiary alicyclic amines) is 2. The molecule has 2 aliphatic rings. The van der Waals surface area contributed by atoms with E-state index in [4.69, 9.17) is 4.74 Å². The summed E-state index contributed by atoms with van der Waals surface area (Å²) in [4.78, 5) is 75.0. The van der Waals surface area contributed by atoms with Gasteiger partial charge in [-0.05, 0) is 97.3 Å².